The Balaban J connectivity index is 1.60. The highest BCUT2D eigenvalue weighted by molar-refractivity contribution is 7.52. The van der Waals surface area contributed by atoms with E-state index in [2.05, 4.69) is 5.32 Å². The summed E-state index contributed by atoms with van der Waals surface area (Å²) in [5, 5.41) is 11.9. The van der Waals surface area contributed by atoms with Crippen LogP contribution < -0.4 is 10.1 Å². The van der Waals surface area contributed by atoms with E-state index < -0.39 is 13.6 Å². The zero-order chi connectivity index (χ0) is 24.9. The van der Waals surface area contributed by atoms with Crippen molar-refractivity contribution in [2.45, 2.75) is 31.9 Å². The molecule has 1 amide bonds. The summed E-state index contributed by atoms with van der Waals surface area (Å²) in [5.74, 6) is 0.526. The first kappa shape index (κ1) is 26.6. The van der Waals surface area contributed by atoms with E-state index in [1.807, 2.05) is 84.9 Å². The Bertz CT molecular complexity index is 1080. The normalized spacial score (nSPS) is 13.5. The minimum absolute atomic E-state index is 0.119. The van der Waals surface area contributed by atoms with E-state index in [9.17, 15) is 14.3 Å². The molecule has 0 radical (unpaired) electrons. The van der Waals surface area contributed by atoms with Crippen molar-refractivity contribution < 1.29 is 28.6 Å². The van der Waals surface area contributed by atoms with Crippen LogP contribution in [0.2, 0.25) is 0 Å². The molecule has 0 aliphatic rings. The maximum atomic E-state index is 12.6. The van der Waals surface area contributed by atoms with Crippen molar-refractivity contribution in [1.29, 1.82) is 0 Å². The lowest BCUT2D eigenvalue weighted by molar-refractivity contribution is -0.121. The molecule has 3 N–H and O–H groups in total. The number of benzene rings is 3. The lowest BCUT2D eigenvalue weighted by Crippen LogP contribution is -2.40. The van der Waals surface area contributed by atoms with Gasteiger partial charge < -0.3 is 24.6 Å². The van der Waals surface area contributed by atoms with Gasteiger partial charge in [-0.1, -0.05) is 72.8 Å². The Kier molecular flexibility index (Phi) is 10.5. The van der Waals surface area contributed by atoms with Crippen LogP contribution in [0.4, 0.5) is 0 Å². The fourth-order valence-electron chi connectivity index (χ4n) is 3.50. The molecule has 0 fully saturated rings. The molecule has 0 saturated carbocycles. The molecule has 186 valence electrons. The summed E-state index contributed by atoms with van der Waals surface area (Å²) < 4.78 is 23.3. The van der Waals surface area contributed by atoms with Gasteiger partial charge >= 0.3 is 7.60 Å². The molecule has 0 heterocycles. The van der Waals surface area contributed by atoms with Crippen LogP contribution in [0.25, 0.3) is 0 Å². The summed E-state index contributed by atoms with van der Waals surface area (Å²) in [7, 11) is -3.86. The molecule has 0 aliphatic heterocycles. The Labute approximate surface area is 206 Å². The molecule has 3 aromatic carbocycles. The summed E-state index contributed by atoms with van der Waals surface area (Å²) >= 11 is 0. The van der Waals surface area contributed by atoms with Crippen molar-refractivity contribution in [3.63, 3.8) is 0 Å². The molecule has 0 bridgehead atoms. The number of nitrogens with one attached hydrogen (secondary N) is 1. The van der Waals surface area contributed by atoms with Crippen molar-refractivity contribution in [2.24, 2.45) is 0 Å². The Morgan fingerprint density at radius 2 is 1.51 bits per heavy atom. The minimum Gasteiger partial charge on any atom is -0.489 e. The highest BCUT2D eigenvalue weighted by Crippen LogP contribution is 2.42. The fraction of sp³-hybridized carbons (Fsp3) is 0.296. The van der Waals surface area contributed by atoms with E-state index in [0.717, 1.165) is 22.4 Å². The molecule has 7 nitrogen and oxygen atoms in total. The minimum atomic E-state index is -3.86. The van der Waals surface area contributed by atoms with Crippen molar-refractivity contribution in [3.8, 4) is 5.75 Å². The quantitative estimate of drug-likeness (QED) is 0.290. The van der Waals surface area contributed by atoms with Crippen LogP contribution in [0, 0.1) is 0 Å². The first-order valence-electron chi connectivity index (χ1n) is 11.6. The molecule has 8 heteroatoms. The number of aliphatic hydroxyl groups excluding tert-OH is 1. The van der Waals surface area contributed by atoms with E-state index in [1.165, 1.54) is 0 Å². The van der Waals surface area contributed by atoms with Crippen LogP contribution in [0.1, 0.15) is 23.1 Å². The van der Waals surface area contributed by atoms with Gasteiger partial charge in [0.05, 0.1) is 25.2 Å². The third-order valence-corrected chi connectivity index (χ3v) is 6.74. The molecule has 2 atom stereocenters. The van der Waals surface area contributed by atoms with Crippen molar-refractivity contribution in [1.82, 2.24) is 5.32 Å². The van der Waals surface area contributed by atoms with Crippen LogP contribution >= 0.6 is 7.60 Å². The average Bonchev–Trinajstić information content (AvgIpc) is 2.87. The largest absolute Gasteiger partial charge is 0.489 e. The molecule has 35 heavy (non-hydrogen) atoms. The van der Waals surface area contributed by atoms with Gasteiger partial charge in [-0.3, -0.25) is 9.36 Å². The van der Waals surface area contributed by atoms with Crippen LogP contribution in [0.5, 0.6) is 5.75 Å². The maximum absolute atomic E-state index is 12.6. The standard InChI is InChI=1S/C27H32NO6P/c29-16-7-17-35(31,32)34-21-25(28-27(30)19-22-8-3-1-4-9-22)18-23-12-14-26(15-13-23)33-20-24-10-5-2-6-11-24/h1-6,8-15,25,29H,7,16-21H2,(H,28,30)(H,31,32)/t25-/m0/s1. The maximum Gasteiger partial charge on any atom is 0.328 e. The average molecular weight is 498 g/mol. The lowest BCUT2D eigenvalue weighted by atomic mass is 10.1. The van der Waals surface area contributed by atoms with Gasteiger partial charge in [0.2, 0.25) is 5.91 Å². The van der Waals surface area contributed by atoms with Gasteiger partial charge in [-0.25, -0.2) is 0 Å². The van der Waals surface area contributed by atoms with Gasteiger partial charge in [0.25, 0.3) is 0 Å². The number of aliphatic hydroxyl groups is 1. The van der Waals surface area contributed by atoms with Gasteiger partial charge in [-0.2, -0.15) is 0 Å². The number of hydrogen-bond acceptors (Lipinski definition) is 5. The zero-order valence-electron chi connectivity index (χ0n) is 19.6. The summed E-state index contributed by atoms with van der Waals surface area (Å²) in [4.78, 5) is 22.6. The first-order valence-corrected chi connectivity index (χ1v) is 13.4. The second kappa shape index (κ2) is 13.8. The summed E-state index contributed by atoms with van der Waals surface area (Å²) in [6, 6.07) is 26.3. The molecule has 0 aliphatic carbocycles. The second-order valence-electron chi connectivity index (χ2n) is 8.28. The van der Waals surface area contributed by atoms with Crippen molar-refractivity contribution >= 4 is 13.5 Å². The van der Waals surface area contributed by atoms with Crippen LogP contribution in [0.15, 0.2) is 84.9 Å². The van der Waals surface area contributed by atoms with Crippen molar-refractivity contribution in [2.75, 3.05) is 19.4 Å². The van der Waals surface area contributed by atoms with E-state index in [1.54, 1.807) is 0 Å². The van der Waals surface area contributed by atoms with Crippen LogP contribution in [-0.2, 0) is 33.3 Å². The lowest BCUT2D eigenvalue weighted by Gasteiger charge is -2.21. The van der Waals surface area contributed by atoms with E-state index in [-0.39, 0.29) is 38.1 Å². The predicted molar refractivity (Wildman–Crippen MR) is 135 cm³/mol. The van der Waals surface area contributed by atoms with Gasteiger partial charge in [0.15, 0.2) is 0 Å². The molecule has 0 saturated heterocycles. The summed E-state index contributed by atoms with van der Waals surface area (Å²) in [5.41, 5.74) is 2.87. The number of carbonyl (C=O) groups excluding carboxylic acids is 1. The fourth-order valence-corrected chi connectivity index (χ4v) is 4.58. The molecular formula is C27H32NO6P. The zero-order valence-corrected chi connectivity index (χ0v) is 20.5. The Hall–Kier alpha value is -2.96. The van der Waals surface area contributed by atoms with Crippen molar-refractivity contribution in [3.05, 3.63) is 102 Å². The predicted octanol–water partition coefficient (Wildman–Crippen LogP) is 4.12. The third kappa shape index (κ3) is 10.0. The Morgan fingerprint density at radius 3 is 2.14 bits per heavy atom. The van der Waals surface area contributed by atoms with Crippen LogP contribution in [0.3, 0.4) is 0 Å². The molecule has 3 rings (SSSR count). The third-order valence-electron chi connectivity index (χ3n) is 5.30. The SMILES string of the molecule is O=C(Cc1ccccc1)N[C@H](COP(=O)(O)CCCO)Cc1ccc(OCc2ccccc2)cc1. The van der Waals surface area contributed by atoms with Gasteiger partial charge in [-0.15, -0.1) is 0 Å². The summed E-state index contributed by atoms with van der Waals surface area (Å²) in [6.45, 7) is 0.154. The topological polar surface area (TPSA) is 105 Å². The number of ether oxygens (including phenoxy) is 1. The smallest absolute Gasteiger partial charge is 0.328 e. The van der Waals surface area contributed by atoms with Crippen LogP contribution in [-0.4, -0.2) is 41.3 Å². The number of hydrogen-bond donors (Lipinski definition) is 3. The van der Waals surface area contributed by atoms with Gasteiger partial charge in [0, 0.05) is 6.61 Å². The molecule has 0 aromatic heterocycles. The summed E-state index contributed by atoms with van der Waals surface area (Å²) in [6.07, 6.45) is 0.648. The first-order chi connectivity index (χ1) is 16.9. The second-order valence-corrected chi connectivity index (χ2v) is 10.3. The molecule has 0 spiro atoms. The van der Waals surface area contributed by atoms with E-state index >= 15 is 0 Å². The van der Waals surface area contributed by atoms with Gasteiger partial charge in [-0.05, 0) is 41.7 Å². The van der Waals surface area contributed by atoms with Gasteiger partial charge in [0.1, 0.15) is 12.4 Å². The monoisotopic (exact) mass is 497 g/mol. The number of amides is 1. The van der Waals surface area contributed by atoms with E-state index in [4.69, 9.17) is 14.4 Å². The Morgan fingerprint density at radius 1 is 0.886 bits per heavy atom. The molecule has 1 unspecified atom stereocenters. The molecular weight excluding hydrogens is 465 g/mol. The highest BCUT2D eigenvalue weighted by Gasteiger charge is 2.22. The number of rotatable bonds is 14. The number of carbonyl (C=O) groups is 1. The highest BCUT2D eigenvalue weighted by atomic mass is 31.2. The van der Waals surface area contributed by atoms with E-state index in [0.29, 0.717) is 13.0 Å². The molecule has 3 aromatic rings.